The summed E-state index contributed by atoms with van der Waals surface area (Å²) in [5.41, 5.74) is 2.55. The van der Waals surface area contributed by atoms with E-state index in [1.165, 1.54) is 16.4 Å². The molecule has 1 heterocycles. The van der Waals surface area contributed by atoms with Crippen molar-refractivity contribution in [2.45, 2.75) is 12.1 Å². The van der Waals surface area contributed by atoms with Crippen LogP contribution in [0.15, 0.2) is 47.6 Å². The number of hydrogen-bond donors (Lipinski definition) is 2. The fourth-order valence-electron chi connectivity index (χ4n) is 2.56. The summed E-state index contributed by atoms with van der Waals surface area (Å²) in [4.78, 5) is 12.3. The van der Waals surface area contributed by atoms with Crippen molar-refractivity contribution in [2.75, 3.05) is 31.1 Å². The van der Waals surface area contributed by atoms with Crippen LogP contribution in [-0.2, 0) is 4.79 Å². The van der Waals surface area contributed by atoms with Crippen molar-refractivity contribution in [3.8, 4) is 22.9 Å². The standard InChI is InChI=1S/C19H21N5O3S/c1-12-5-4-6-13(7-12)18-22-23-19(24(18)20)28-11-17(25)21-14-8-15(26-2)10-16(9-14)27-3/h4-10H,11,20H2,1-3H3,(H,21,25). The lowest BCUT2D eigenvalue weighted by Crippen LogP contribution is -2.16. The van der Waals surface area contributed by atoms with Gasteiger partial charge in [0.05, 0.1) is 20.0 Å². The van der Waals surface area contributed by atoms with E-state index in [9.17, 15) is 4.79 Å². The maximum Gasteiger partial charge on any atom is 0.234 e. The number of carbonyl (C=O) groups excluding carboxylic acids is 1. The van der Waals surface area contributed by atoms with Crippen LogP contribution in [-0.4, -0.2) is 40.8 Å². The molecule has 28 heavy (non-hydrogen) atoms. The Labute approximate surface area is 167 Å². The first-order valence-corrected chi connectivity index (χ1v) is 9.42. The number of aryl methyl sites for hydroxylation is 1. The molecule has 0 aliphatic heterocycles. The largest absolute Gasteiger partial charge is 0.497 e. The number of nitrogens with two attached hydrogens (primary N) is 1. The predicted octanol–water partition coefficient (Wildman–Crippen LogP) is 2.72. The Balaban J connectivity index is 1.66. The molecule has 9 heteroatoms. The number of rotatable bonds is 7. The number of hydrogen-bond acceptors (Lipinski definition) is 7. The van der Waals surface area contributed by atoms with E-state index < -0.39 is 0 Å². The molecular weight excluding hydrogens is 378 g/mol. The number of thioether (sulfide) groups is 1. The van der Waals surface area contributed by atoms with Crippen LogP contribution in [0, 0.1) is 6.92 Å². The van der Waals surface area contributed by atoms with E-state index in [2.05, 4.69) is 15.5 Å². The van der Waals surface area contributed by atoms with Gasteiger partial charge in [0.25, 0.3) is 0 Å². The molecule has 0 fully saturated rings. The van der Waals surface area contributed by atoms with Crippen molar-refractivity contribution < 1.29 is 14.3 Å². The van der Waals surface area contributed by atoms with Crippen LogP contribution in [0.5, 0.6) is 11.5 Å². The van der Waals surface area contributed by atoms with E-state index >= 15 is 0 Å². The average molecular weight is 399 g/mol. The summed E-state index contributed by atoms with van der Waals surface area (Å²) >= 11 is 1.20. The Morgan fingerprint density at radius 2 is 1.86 bits per heavy atom. The fraction of sp³-hybridized carbons (Fsp3) is 0.211. The molecular formula is C19H21N5O3S. The van der Waals surface area contributed by atoms with Crippen LogP contribution < -0.4 is 20.6 Å². The van der Waals surface area contributed by atoms with Crippen molar-refractivity contribution in [2.24, 2.45) is 0 Å². The van der Waals surface area contributed by atoms with Gasteiger partial charge in [0, 0.05) is 29.4 Å². The molecule has 0 spiro atoms. The van der Waals surface area contributed by atoms with Gasteiger partial charge in [-0.2, -0.15) is 0 Å². The average Bonchev–Trinajstić information content (AvgIpc) is 3.06. The first kappa shape index (κ1) is 19.6. The minimum Gasteiger partial charge on any atom is -0.497 e. The minimum absolute atomic E-state index is 0.128. The van der Waals surface area contributed by atoms with Gasteiger partial charge >= 0.3 is 0 Å². The van der Waals surface area contributed by atoms with Gasteiger partial charge in [-0.25, -0.2) is 4.68 Å². The van der Waals surface area contributed by atoms with Gasteiger partial charge in [0.15, 0.2) is 5.82 Å². The Morgan fingerprint density at radius 1 is 1.14 bits per heavy atom. The van der Waals surface area contributed by atoms with E-state index in [4.69, 9.17) is 15.3 Å². The number of nitrogens with zero attached hydrogens (tertiary/aromatic N) is 3. The van der Waals surface area contributed by atoms with Crippen LogP contribution in [0.4, 0.5) is 5.69 Å². The first-order valence-electron chi connectivity index (χ1n) is 8.43. The summed E-state index contributed by atoms with van der Waals surface area (Å²) in [6.45, 7) is 1.99. The van der Waals surface area contributed by atoms with E-state index in [0.29, 0.717) is 28.2 Å². The third-order valence-corrected chi connectivity index (χ3v) is 4.85. The number of aromatic nitrogens is 3. The summed E-state index contributed by atoms with van der Waals surface area (Å²) in [7, 11) is 3.10. The maximum atomic E-state index is 12.3. The molecule has 0 radical (unpaired) electrons. The maximum absolute atomic E-state index is 12.3. The van der Waals surface area contributed by atoms with E-state index in [-0.39, 0.29) is 11.7 Å². The Kier molecular flexibility index (Phi) is 6.05. The molecule has 0 unspecified atom stereocenters. The van der Waals surface area contributed by atoms with Crippen LogP contribution in [0.3, 0.4) is 0 Å². The van der Waals surface area contributed by atoms with Crippen molar-refractivity contribution in [1.29, 1.82) is 0 Å². The summed E-state index contributed by atoms with van der Waals surface area (Å²) < 4.78 is 11.8. The number of amides is 1. The second kappa shape index (κ2) is 8.66. The predicted molar refractivity (Wildman–Crippen MR) is 109 cm³/mol. The second-order valence-corrected chi connectivity index (χ2v) is 6.93. The van der Waals surface area contributed by atoms with Crippen LogP contribution in [0.2, 0.25) is 0 Å². The molecule has 3 N–H and O–H groups in total. The van der Waals surface area contributed by atoms with Gasteiger partial charge in [-0.15, -0.1) is 10.2 Å². The molecule has 0 aliphatic rings. The lowest BCUT2D eigenvalue weighted by Gasteiger charge is -2.09. The minimum atomic E-state index is -0.208. The summed E-state index contributed by atoms with van der Waals surface area (Å²) in [5, 5.41) is 11.5. The van der Waals surface area contributed by atoms with Crippen molar-refractivity contribution in [3.05, 3.63) is 48.0 Å². The van der Waals surface area contributed by atoms with Crippen LogP contribution >= 0.6 is 11.8 Å². The van der Waals surface area contributed by atoms with Crippen LogP contribution in [0.25, 0.3) is 11.4 Å². The zero-order chi connectivity index (χ0) is 20.1. The quantitative estimate of drug-likeness (QED) is 0.465. The highest BCUT2D eigenvalue weighted by molar-refractivity contribution is 7.99. The molecule has 0 saturated carbocycles. The lowest BCUT2D eigenvalue weighted by atomic mass is 10.1. The van der Waals surface area contributed by atoms with E-state index in [1.54, 1.807) is 32.4 Å². The summed E-state index contributed by atoms with van der Waals surface area (Å²) in [5.74, 6) is 7.75. The molecule has 3 aromatic rings. The van der Waals surface area contributed by atoms with Crippen molar-refractivity contribution in [1.82, 2.24) is 14.9 Å². The number of anilines is 1. The van der Waals surface area contributed by atoms with E-state index in [1.807, 2.05) is 31.2 Å². The molecule has 2 aromatic carbocycles. The van der Waals surface area contributed by atoms with Gasteiger partial charge in [-0.1, -0.05) is 35.5 Å². The fourth-order valence-corrected chi connectivity index (χ4v) is 3.22. The normalized spacial score (nSPS) is 10.5. The molecule has 146 valence electrons. The van der Waals surface area contributed by atoms with Gasteiger partial charge in [-0.3, -0.25) is 4.79 Å². The Bertz CT molecular complexity index is 967. The topological polar surface area (TPSA) is 104 Å². The van der Waals surface area contributed by atoms with E-state index in [0.717, 1.165) is 11.1 Å². The Morgan fingerprint density at radius 3 is 2.50 bits per heavy atom. The summed E-state index contributed by atoms with van der Waals surface area (Å²) in [6, 6.07) is 13.0. The Hall–Kier alpha value is -3.20. The smallest absolute Gasteiger partial charge is 0.234 e. The zero-order valence-electron chi connectivity index (χ0n) is 15.8. The molecule has 0 bridgehead atoms. The number of carbonyl (C=O) groups is 1. The van der Waals surface area contributed by atoms with Crippen molar-refractivity contribution in [3.63, 3.8) is 0 Å². The number of ether oxygens (including phenoxy) is 2. The lowest BCUT2D eigenvalue weighted by molar-refractivity contribution is -0.113. The highest BCUT2D eigenvalue weighted by Gasteiger charge is 2.14. The number of nitrogens with one attached hydrogen (secondary N) is 1. The highest BCUT2D eigenvalue weighted by Crippen LogP contribution is 2.26. The molecule has 8 nitrogen and oxygen atoms in total. The summed E-state index contributed by atoms with van der Waals surface area (Å²) in [6.07, 6.45) is 0. The molecule has 0 aliphatic carbocycles. The molecule has 3 rings (SSSR count). The zero-order valence-corrected chi connectivity index (χ0v) is 16.6. The second-order valence-electron chi connectivity index (χ2n) is 5.98. The van der Waals surface area contributed by atoms with Gasteiger partial charge in [-0.05, 0) is 13.0 Å². The molecule has 1 aromatic heterocycles. The van der Waals surface area contributed by atoms with Gasteiger partial charge in [0.1, 0.15) is 11.5 Å². The van der Waals surface area contributed by atoms with Gasteiger partial charge < -0.3 is 20.6 Å². The number of methoxy groups -OCH3 is 2. The molecule has 0 saturated heterocycles. The first-order chi connectivity index (χ1) is 13.5. The van der Waals surface area contributed by atoms with Crippen molar-refractivity contribution >= 4 is 23.4 Å². The molecule has 0 atom stereocenters. The highest BCUT2D eigenvalue weighted by atomic mass is 32.2. The number of nitrogen functional groups attached to an aromatic ring is 1. The molecule has 1 amide bonds. The SMILES string of the molecule is COc1cc(NC(=O)CSc2nnc(-c3cccc(C)c3)n2N)cc(OC)c1. The number of benzene rings is 2. The van der Waals surface area contributed by atoms with Crippen LogP contribution in [0.1, 0.15) is 5.56 Å². The van der Waals surface area contributed by atoms with Gasteiger partial charge in [0.2, 0.25) is 11.1 Å². The third kappa shape index (κ3) is 4.55. The third-order valence-electron chi connectivity index (χ3n) is 3.91. The monoisotopic (exact) mass is 399 g/mol.